The van der Waals surface area contributed by atoms with Crippen LogP contribution >= 0.6 is 11.6 Å². The Labute approximate surface area is 262 Å². The van der Waals surface area contributed by atoms with E-state index in [1.165, 1.54) is 10.4 Å². The Hall–Kier alpha value is -3.39. The summed E-state index contributed by atoms with van der Waals surface area (Å²) in [6.45, 7) is 12.4. The molecule has 43 heavy (non-hydrogen) atoms. The van der Waals surface area contributed by atoms with Gasteiger partial charge in [0.1, 0.15) is 17.9 Å². The largest absolute Gasteiger partial charge is 0.495 e. The molecule has 0 aliphatic heterocycles. The van der Waals surface area contributed by atoms with Gasteiger partial charge in [0.2, 0.25) is 0 Å². The number of nitrogens with zero attached hydrogens (tertiary/aromatic N) is 2. The van der Waals surface area contributed by atoms with Crippen molar-refractivity contribution in [2.45, 2.75) is 51.5 Å². The van der Waals surface area contributed by atoms with Crippen LogP contribution in [-0.2, 0) is 16.3 Å². The second kappa shape index (κ2) is 12.3. The first-order valence-corrected chi connectivity index (χ1v) is 17.3. The summed E-state index contributed by atoms with van der Waals surface area (Å²) in [6, 6.07) is 25.5. The number of nitrogen functional groups attached to an aromatic ring is 1. The van der Waals surface area contributed by atoms with Gasteiger partial charge in [-0.05, 0) is 44.9 Å². The highest BCUT2D eigenvalue weighted by molar-refractivity contribution is 6.99. The van der Waals surface area contributed by atoms with E-state index in [0.29, 0.717) is 24.8 Å². The lowest BCUT2D eigenvalue weighted by molar-refractivity contribution is 0.252. The van der Waals surface area contributed by atoms with Gasteiger partial charge in [0, 0.05) is 36.1 Å². The minimum atomic E-state index is -2.68. The van der Waals surface area contributed by atoms with Crippen molar-refractivity contribution in [2.75, 3.05) is 37.2 Å². The third-order valence-corrected chi connectivity index (χ3v) is 14.1. The van der Waals surface area contributed by atoms with Crippen molar-refractivity contribution in [1.82, 2.24) is 9.97 Å². The number of hydrogen-bond donors (Lipinski definition) is 2. The van der Waals surface area contributed by atoms with E-state index in [1.807, 2.05) is 6.07 Å². The van der Waals surface area contributed by atoms with E-state index < -0.39 is 8.32 Å². The van der Waals surface area contributed by atoms with Crippen molar-refractivity contribution in [3.8, 4) is 17.0 Å². The molecule has 8 heteroatoms. The Morgan fingerprint density at radius 3 is 2.16 bits per heavy atom. The SMILES string of the molecule is COc1ccc2c(c1NCC(CCl)CO[Si](c1ccccc1)(c1ccccc1)C(C)(C)C)CC(C)(C)c1c(N)ncnc1-2. The number of halogens is 1. The Morgan fingerprint density at radius 1 is 0.977 bits per heavy atom. The molecule has 1 aliphatic carbocycles. The molecule has 1 atom stereocenters. The summed E-state index contributed by atoms with van der Waals surface area (Å²) in [4.78, 5) is 8.96. The van der Waals surface area contributed by atoms with Crippen molar-refractivity contribution >= 4 is 41.8 Å². The Morgan fingerprint density at radius 2 is 1.60 bits per heavy atom. The standard InChI is InChI=1S/C35H43ClN4O2Si/c1-34(2,3)43(25-13-9-7-10-14-25,26-15-11-8-12-16-26)42-22-24(20-36)21-38-31-28-19-35(4,5)30-32(39-23-40-33(30)37)27(28)17-18-29(31)41-6/h7-18,23-24,38H,19-22H2,1-6H3,(H2,37,39,40). The maximum Gasteiger partial charge on any atom is 0.261 e. The normalized spacial score (nSPS) is 14.9. The van der Waals surface area contributed by atoms with E-state index in [9.17, 15) is 0 Å². The first-order chi connectivity index (χ1) is 20.5. The van der Waals surface area contributed by atoms with Crippen LogP contribution in [0.2, 0.25) is 5.04 Å². The summed E-state index contributed by atoms with van der Waals surface area (Å²) >= 11 is 6.65. The maximum atomic E-state index is 7.22. The van der Waals surface area contributed by atoms with Gasteiger partial charge in [0.25, 0.3) is 8.32 Å². The third-order valence-electron chi connectivity index (χ3n) is 8.66. The number of alkyl halides is 1. The van der Waals surface area contributed by atoms with Crippen molar-refractivity contribution in [3.63, 3.8) is 0 Å². The van der Waals surface area contributed by atoms with E-state index in [-0.39, 0.29) is 16.4 Å². The van der Waals surface area contributed by atoms with E-state index in [2.05, 4.69) is 117 Å². The zero-order chi connectivity index (χ0) is 30.8. The number of methoxy groups -OCH3 is 1. The number of rotatable bonds is 10. The smallest absolute Gasteiger partial charge is 0.261 e. The number of ether oxygens (including phenoxy) is 1. The zero-order valence-electron chi connectivity index (χ0n) is 26.1. The van der Waals surface area contributed by atoms with Gasteiger partial charge in [0.15, 0.2) is 0 Å². The molecule has 0 fully saturated rings. The molecule has 5 rings (SSSR count). The van der Waals surface area contributed by atoms with Crippen LogP contribution in [0, 0.1) is 5.92 Å². The van der Waals surface area contributed by atoms with Gasteiger partial charge in [-0.25, -0.2) is 9.97 Å². The van der Waals surface area contributed by atoms with Gasteiger partial charge in [-0.3, -0.25) is 0 Å². The Balaban J connectivity index is 1.46. The Bertz CT molecular complexity index is 1520. The topological polar surface area (TPSA) is 82.3 Å². The van der Waals surface area contributed by atoms with Gasteiger partial charge in [0.05, 0.1) is 18.5 Å². The minimum Gasteiger partial charge on any atom is -0.495 e. The quantitative estimate of drug-likeness (QED) is 0.159. The molecule has 0 saturated carbocycles. The van der Waals surface area contributed by atoms with Crippen LogP contribution in [0.25, 0.3) is 11.3 Å². The maximum absolute atomic E-state index is 7.22. The van der Waals surface area contributed by atoms with E-state index >= 15 is 0 Å². The molecular formula is C35H43ClN4O2Si. The number of nitrogens with one attached hydrogen (secondary N) is 1. The van der Waals surface area contributed by atoms with Gasteiger partial charge in [-0.2, -0.15) is 0 Å². The van der Waals surface area contributed by atoms with Crippen LogP contribution < -0.4 is 26.2 Å². The molecule has 1 heterocycles. The third kappa shape index (κ3) is 5.78. The summed E-state index contributed by atoms with van der Waals surface area (Å²) in [6.07, 6.45) is 2.32. The Kier molecular flexibility index (Phi) is 8.89. The molecule has 0 radical (unpaired) electrons. The monoisotopic (exact) mass is 614 g/mol. The molecule has 0 spiro atoms. The fourth-order valence-electron chi connectivity index (χ4n) is 6.61. The molecule has 226 valence electrons. The van der Waals surface area contributed by atoms with E-state index in [0.717, 1.165) is 40.2 Å². The molecule has 0 saturated heterocycles. The second-order valence-electron chi connectivity index (χ2n) is 13.1. The molecule has 0 bridgehead atoms. The van der Waals surface area contributed by atoms with Gasteiger partial charge in [-0.15, -0.1) is 11.6 Å². The molecule has 3 N–H and O–H groups in total. The highest BCUT2D eigenvalue weighted by atomic mass is 35.5. The van der Waals surface area contributed by atoms with E-state index in [4.69, 9.17) is 26.5 Å². The van der Waals surface area contributed by atoms with Crippen molar-refractivity contribution in [1.29, 1.82) is 0 Å². The average molecular weight is 615 g/mol. The average Bonchev–Trinajstić information content (AvgIpc) is 2.99. The summed E-state index contributed by atoms with van der Waals surface area (Å²) < 4.78 is 13.1. The van der Waals surface area contributed by atoms with E-state index in [1.54, 1.807) is 13.4 Å². The molecule has 1 unspecified atom stereocenters. The van der Waals surface area contributed by atoms with Crippen molar-refractivity contribution in [3.05, 3.63) is 90.3 Å². The van der Waals surface area contributed by atoms with Crippen LogP contribution in [0.4, 0.5) is 11.5 Å². The van der Waals surface area contributed by atoms with Crippen LogP contribution in [0.1, 0.15) is 45.7 Å². The number of anilines is 2. The molecule has 0 amide bonds. The first kappa shape index (κ1) is 31.0. The number of hydrogen-bond acceptors (Lipinski definition) is 6. The molecule has 4 aromatic rings. The lowest BCUT2D eigenvalue weighted by atomic mass is 9.71. The summed E-state index contributed by atoms with van der Waals surface area (Å²) in [5.74, 6) is 1.85. The lowest BCUT2D eigenvalue weighted by Crippen LogP contribution is -2.67. The molecular weight excluding hydrogens is 572 g/mol. The van der Waals surface area contributed by atoms with Crippen molar-refractivity contribution in [2.24, 2.45) is 5.92 Å². The number of aromatic nitrogens is 2. The molecule has 6 nitrogen and oxygen atoms in total. The number of fused-ring (bicyclic) bond motifs is 3. The molecule has 3 aromatic carbocycles. The summed E-state index contributed by atoms with van der Waals surface area (Å²) in [5.41, 5.74) is 11.2. The van der Waals surface area contributed by atoms with Crippen molar-refractivity contribution < 1.29 is 9.16 Å². The fourth-order valence-corrected chi connectivity index (χ4v) is 11.4. The van der Waals surface area contributed by atoms with Gasteiger partial charge in [-0.1, -0.05) is 95.3 Å². The summed E-state index contributed by atoms with van der Waals surface area (Å²) in [5, 5.41) is 6.15. The highest BCUT2D eigenvalue weighted by Gasteiger charge is 2.50. The van der Waals surface area contributed by atoms with Gasteiger partial charge >= 0.3 is 0 Å². The predicted octanol–water partition coefficient (Wildman–Crippen LogP) is 6.41. The van der Waals surface area contributed by atoms with Gasteiger partial charge < -0.3 is 20.2 Å². The fraction of sp³-hybridized carbons (Fsp3) is 0.371. The van der Waals surface area contributed by atoms with Crippen LogP contribution in [-0.4, -0.2) is 44.4 Å². The number of benzene rings is 3. The highest BCUT2D eigenvalue weighted by Crippen LogP contribution is 2.48. The van der Waals surface area contributed by atoms with Crippen LogP contribution in [0.5, 0.6) is 5.75 Å². The predicted molar refractivity (Wildman–Crippen MR) is 181 cm³/mol. The van der Waals surface area contributed by atoms with Crippen LogP contribution in [0.15, 0.2) is 79.1 Å². The second-order valence-corrected chi connectivity index (χ2v) is 17.7. The molecule has 1 aliphatic rings. The lowest BCUT2D eigenvalue weighted by Gasteiger charge is -2.43. The molecule has 1 aromatic heterocycles. The zero-order valence-corrected chi connectivity index (χ0v) is 27.8. The first-order valence-electron chi connectivity index (χ1n) is 14.9. The number of nitrogens with two attached hydrogens (primary N) is 1. The minimum absolute atomic E-state index is 0.0609. The van der Waals surface area contributed by atoms with Crippen LogP contribution in [0.3, 0.4) is 0 Å². The summed E-state index contributed by atoms with van der Waals surface area (Å²) in [7, 11) is -0.971.